The molecule has 0 aliphatic heterocycles. The molecule has 4 fully saturated rings. The first kappa shape index (κ1) is 24.8. The molecule has 4 aliphatic rings. The Balaban J connectivity index is 1.45. The zero-order chi connectivity index (χ0) is 23.5. The maximum atomic E-state index is 12.8. The van der Waals surface area contributed by atoms with Gasteiger partial charge in [-0.05, 0) is 123 Å². The van der Waals surface area contributed by atoms with Gasteiger partial charge in [0.25, 0.3) is 0 Å². The van der Waals surface area contributed by atoms with Crippen LogP contribution in [-0.4, -0.2) is 28.1 Å². The standard InChI is InChI=1S/C27H45F3O2/c1-5-26(32)15-14-24(3)18(16-26)7-8-19-21-10-9-20(25(21,4)13-12-22(19)24)17(2)6-11-23(31)27(28,29)30/h17-23,31-32H,5-16H2,1-4H3/t17-,18+,19+,20-,21+,22?,23+,24+,25-,26+/m1/s1. The number of aliphatic hydroxyl groups excluding tert-OH is 1. The molecule has 0 spiro atoms. The Morgan fingerprint density at radius 1 is 0.906 bits per heavy atom. The summed E-state index contributed by atoms with van der Waals surface area (Å²) in [7, 11) is 0. The van der Waals surface area contributed by atoms with E-state index in [0.717, 1.165) is 43.9 Å². The summed E-state index contributed by atoms with van der Waals surface area (Å²) in [5.74, 6) is 3.48. The first-order valence-electron chi connectivity index (χ1n) is 13.3. The van der Waals surface area contributed by atoms with E-state index in [2.05, 4.69) is 27.7 Å². The van der Waals surface area contributed by atoms with Crippen molar-refractivity contribution in [3.63, 3.8) is 0 Å². The van der Waals surface area contributed by atoms with Crippen LogP contribution in [0.2, 0.25) is 0 Å². The van der Waals surface area contributed by atoms with Crippen molar-refractivity contribution < 1.29 is 23.4 Å². The monoisotopic (exact) mass is 458 g/mol. The lowest BCUT2D eigenvalue weighted by atomic mass is 9.43. The van der Waals surface area contributed by atoms with Gasteiger partial charge in [-0.1, -0.05) is 27.7 Å². The highest BCUT2D eigenvalue weighted by Gasteiger charge is 2.61. The average Bonchev–Trinajstić information content (AvgIpc) is 3.09. The molecule has 1 unspecified atom stereocenters. The topological polar surface area (TPSA) is 40.5 Å². The molecular weight excluding hydrogens is 413 g/mol. The number of hydrogen-bond acceptors (Lipinski definition) is 2. The highest BCUT2D eigenvalue weighted by Crippen LogP contribution is 2.69. The molecule has 0 aromatic carbocycles. The predicted molar refractivity (Wildman–Crippen MR) is 121 cm³/mol. The van der Waals surface area contributed by atoms with E-state index in [1.54, 1.807) is 0 Å². The average molecular weight is 459 g/mol. The van der Waals surface area contributed by atoms with Crippen LogP contribution in [0.1, 0.15) is 105 Å². The third-order valence-corrected chi connectivity index (χ3v) is 11.5. The fourth-order valence-electron chi connectivity index (χ4n) is 9.40. The minimum Gasteiger partial charge on any atom is -0.390 e. The van der Waals surface area contributed by atoms with Crippen LogP contribution in [0.5, 0.6) is 0 Å². The molecule has 2 N–H and O–H groups in total. The smallest absolute Gasteiger partial charge is 0.390 e. The molecule has 0 saturated heterocycles. The van der Waals surface area contributed by atoms with E-state index in [1.165, 1.54) is 32.1 Å². The Morgan fingerprint density at radius 3 is 2.25 bits per heavy atom. The summed E-state index contributed by atoms with van der Waals surface area (Å²) < 4.78 is 38.3. The van der Waals surface area contributed by atoms with Crippen molar-refractivity contribution in [3.05, 3.63) is 0 Å². The number of rotatable bonds is 5. The van der Waals surface area contributed by atoms with Crippen molar-refractivity contribution in [1.29, 1.82) is 0 Å². The Morgan fingerprint density at radius 2 is 1.59 bits per heavy atom. The Bertz CT molecular complexity index is 680. The van der Waals surface area contributed by atoms with Crippen molar-refractivity contribution in [3.8, 4) is 0 Å². The summed E-state index contributed by atoms with van der Waals surface area (Å²) in [6, 6.07) is 0. The van der Waals surface area contributed by atoms with Gasteiger partial charge in [0.1, 0.15) is 6.10 Å². The second-order valence-electron chi connectivity index (χ2n) is 12.8. The summed E-state index contributed by atoms with van der Waals surface area (Å²) in [6.45, 7) is 9.19. The molecule has 0 bridgehead atoms. The highest BCUT2D eigenvalue weighted by atomic mass is 19.4. The molecule has 32 heavy (non-hydrogen) atoms. The summed E-state index contributed by atoms with van der Waals surface area (Å²) in [6.07, 6.45) is 4.76. The van der Waals surface area contributed by atoms with Crippen LogP contribution < -0.4 is 0 Å². The third-order valence-electron chi connectivity index (χ3n) is 11.5. The van der Waals surface area contributed by atoms with Gasteiger partial charge in [-0.2, -0.15) is 13.2 Å². The van der Waals surface area contributed by atoms with Crippen molar-refractivity contribution >= 4 is 0 Å². The number of alkyl halides is 3. The van der Waals surface area contributed by atoms with Gasteiger partial charge >= 0.3 is 6.18 Å². The van der Waals surface area contributed by atoms with Gasteiger partial charge in [0.15, 0.2) is 0 Å². The number of fused-ring (bicyclic) bond motifs is 5. The van der Waals surface area contributed by atoms with Gasteiger partial charge in [-0.3, -0.25) is 0 Å². The van der Waals surface area contributed by atoms with E-state index in [4.69, 9.17) is 0 Å². The van der Waals surface area contributed by atoms with Gasteiger partial charge < -0.3 is 10.2 Å². The van der Waals surface area contributed by atoms with E-state index >= 15 is 0 Å². The minimum absolute atomic E-state index is 0.173. The molecule has 5 heteroatoms. The first-order valence-corrected chi connectivity index (χ1v) is 13.3. The zero-order valence-electron chi connectivity index (χ0n) is 20.6. The zero-order valence-corrected chi connectivity index (χ0v) is 20.6. The van der Waals surface area contributed by atoms with Gasteiger partial charge in [-0.25, -0.2) is 0 Å². The lowest BCUT2D eigenvalue weighted by Crippen LogP contribution is -2.56. The SMILES string of the molecule is CC[C@]1(O)CC[C@]2(C)C3CC[C@]4(C)[C@@H]([C@H](C)CC[C@H](O)C(F)(F)F)CC[C@H]4[C@@H]3CC[C@H]2C1. The van der Waals surface area contributed by atoms with E-state index in [0.29, 0.717) is 29.6 Å². The molecule has 0 aromatic heterocycles. The Kier molecular flexibility index (Phi) is 6.54. The summed E-state index contributed by atoms with van der Waals surface area (Å²) in [4.78, 5) is 0. The highest BCUT2D eigenvalue weighted by molar-refractivity contribution is 5.10. The molecule has 0 radical (unpaired) electrons. The van der Waals surface area contributed by atoms with Crippen LogP contribution in [0, 0.1) is 46.3 Å². The van der Waals surface area contributed by atoms with Gasteiger partial charge in [0, 0.05) is 0 Å². The Hall–Kier alpha value is -0.290. The van der Waals surface area contributed by atoms with Gasteiger partial charge in [0.2, 0.25) is 0 Å². The van der Waals surface area contributed by atoms with Crippen LogP contribution in [-0.2, 0) is 0 Å². The number of aliphatic hydroxyl groups is 2. The van der Waals surface area contributed by atoms with Gasteiger partial charge in [-0.15, -0.1) is 0 Å². The van der Waals surface area contributed by atoms with Crippen molar-refractivity contribution in [2.75, 3.05) is 0 Å². The minimum atomic E-state index is -4.50. The fourth-order valence-corrected chi connectivity index (χ4v) is 9.40. The van der Waals surface area contributed by atoms with Crippen molar-refractivity contribution in [2.24, 2.45) is 46.3 Å². The lowest BCUT2D eigenvalue weighted by Gasteiger charge is -2.62. The predicted octanol–water partition coefficient (Wildman–Crippen LogP) is 7.13. The molecule has 0 amide bonds. The third kappa shape index (κ3) is 4.06. The first-order chi connectivity index (χ1) is 14.8. The maximum absolute atomic E-state index is 12.8. The van der Waals surface area contributed by atoms with Crippen molar-refractivity contribution in [2.45, 2.75) is 123 Å². The summed E-state index contributed by atoms with van der Waals surface area (Å²) >= 11 is 0. The Labute approximate surface area is 192 Å². The molecule has 2 nitrogen and oxygen atoms in total. The van der Waals surface area contributed by atoms with Crippen LogP contribution in [0.4, 0.5) is 13.2 Å². The van der Waals surface area contributed by atoms with E-state index in [9.17, 15) is 23.4 Å². The van der Waals surface area contributed by atoms with Crippen LogP contribution in [0.3, 0.4) is 0 Å². The molecule has 4 rings (SSSR count). The molecular formula is C27H45F3O2. The van der Waals surface area contributed by atoms with Crippen LogP contribution in [0.25, 0.3) is 0 Å². The van der Waals surface area contributed by atoms with E-state index in [1.807, 2.05) is 0 Å². The van der Waals surface area contributed by atoms with E-state index < -0.39 is 17.9 Å². The molecule has 10 atom stereocenters. The molecule has 0 aromatic rings. The second kappa shape index (κ2) is 8.43. The second-order valence-corrected chi connectivity index (χ2v) is 12.8. The molecule has 0 heterocycles. The van der Waals surface area contributed by atoms with Crippen LogP contribution >= 0.6 is 0 Å². The normalized spacial score (nSPS) is 48.5. The largest absolute Gasteiger partial charge is 0.414 e. The van der Waals surface area contributed by atoms with Crippen LogP contribution in [0.15, 0.2) is 0 Å². The van der Waals surface area contributed by atoms with Gasteiger partial charge in [0.05, 0.1) is 5.60 Å². The lowest BCUT2D eigenvalue weighted by molar-refractivity contribution is -0.206. The maximum Gasteiger partial charge on any atom is 0.414 e. The number of halogens is 3. The fraction of sp³-hybridized carbons (Fsp3) is 1.00. The van der Waals surface area contributed by atoms with Crippen molar-refractivity contribution in [1.82, 2.24) is 0 Å². The van der Waals surface area contributed by atoms with E-state index in [-0.39, 0.29) is 17.8 Å². The number of hydrogen-bond donors (Lipinski definition) is 2. The quantitative estimate of drug-likeness (QED) is 0.460. The molecule has 4 aliphatic carbocycles. The molecule has 4 saturated carbocycles. The summed E-state index contributed by atoms with van der Waals surface area (Å²) in [5.41, 5.74) is 0.104. The summed E-state index contributed by atoms with van der Waals surface area (Å²) in [5, 5.41) is 20.4. The molecule has 186 valence electrons.